The van der Waals surface area contributed by atoms with Crippen LogP contribution in [0.1, 0.15) is 27.9 Å². The molecule has 3 aromatic rings. The van der Waals surface area contributed by atoms with Crippen LogP contribution >= 0.6 is 0 Å². The Morgan fingerprint density at radius 3 is 2.96 bits per heavy atom. The fraction of sp³-hybridized carbons (Fsp3) is 0.238. The monoisotopic (exact) mass is 362 g/mol. The summed E-state index contributed by atoms with van der Waals surface area (Å²) in [5.41, 5.74) is 8.76. The lowest BCUT2D eigenvalue weighted by atomic mass is 10.1. The van der Waals surface area contributed by atoms with E-state index in [1.165, 1.54) is 28.3 Å². The number of aryl methyl sites for hydroxylation is 1. The van der Waals surface area contributed by atoms with Crippen LogP contribution in [0.3, 0.4) is 0 Å². The average molecular weight is 362 g/mol. The van der Waals surface area contributed by atoms with Gasteiger partial charge in [0.05, 0.1) is 11.2 Å². The Hall–Kier alpha value is -2.96. The summed E-state index contributed by atoms with van der Waals surface area (Å²) in [6, 6.07) is 12.4. The quantitative estimate of drug-likeness (QED) is 0.416. The first kappa shape index (κ1) is 17.5. The van der Waals surface area contributed by atoms with Crippen LogP contribution < -0.4 is 5.48 Å². The van der Waals surface area contributed by atoms with Crippen molar-refractivity contribution in [3.63, 3.8) is 0 Å². The molecule has 6 heteroatoms. The predicted molar refractivity (Wildman–Crippen MR) is 103 cm³/mol. The van der Waals surface area contributed by atoms with E-state index in [-0.39, 0.29) is 0 Å². The van der Waals surface area contributed by atoms with Crippen molar-refractivity contribution in [2.75, 3.05) is 6.54 Å². The van der Waals surface area contributed by atoms with E-state index in [0.29, 0.717) is 0 Å². The molecule has 0 spiro atoms. The number of fused-ring (bicyclic) bond motifs is 2. The number of pyridine rings is 1. The lowest BCUT2D eigenvalue weighted by Crippen LogP contribution is -2.19. The molecule has 138 valence electrons. The third-order valence-corrected chi connectivity index (χ3v) is 5.08. The molecule has 1 aliphatic rings. The van der Waals surface area contributed by atoms with Gasteiger partial charge in [0.15, 0.2) is 0 Å². The third-order valence-electron chi connectivity index (χ3n) is 5.08. The number of amides is 1. The number of carbonyl (C=O) groups excluding carboxylic acids is 1. The van der Waals surface area contributed by atoms with Gasteiger partial charge in [-0.25, -0.2) is 10.00 Å². The van der Waals surface area contributed by atoms with Gasteiger partial charge < -0.3 is 0 Å². The zero-order valence-corrected chi connectivity index (χ0v) is 15.2. The smallest absolute Gasteiger partial charge is 0.267 e. The Morgan fingerprint density at radius 1 is 1.26 bits per heavy atom. The molecule has 0 fully saturated rings. The minimum atomic E-state index is -0.527. The van der Waals surface area contributed by atoms with Gasteiger partial charge in [0.25, 0.3) is 5.91 Å². The first-order valence-corrected chi connectivity index (χ1v) is 9.03. The molecule has 2 aromatic heterocycles. The van der Waals surface area contributed by atoms with Crippen LogP contribution in [0.15, 0.2) is 48.7 Å². The Labute approximate surface area is 157 Å². The number of aromatic nitrogens is 2. The number of nitrogens with one attached hydrogen (secondary N) is 1. The number of hydrogen-bond donors (Lipinski definition) is 2. The molecule has 4 rings (SSSR count). The van der Waals surface area contributed by atoms with Crippen molar-refractivity contribution in [2.45, 2.75) is 26.4 Å². The van der Waals surface area contributed by atoms with E-state index in [4.69, 9.17) is 5.21 Å². The average Bonchev–Trinajstić information content (AvgIpc) is 3.23. The molecule has 0 aliphatic carbocycles. The SMILES string of the molecule is Cc1nn2ccccc2c1CCN1Cc2ccc(/C=C/C(=O)NO)cc2C1. The van der Waals surface area contributed by atoms with E-state index in [0.717, 1.165) is 37.3 Å². The molecule has 0 saturated heterocycles. The van der Waals surface area contributed by atoms with E-state index in [9.17, 15) is 4.79 Å². The van der Waals surface area contributed by atoms with Gasteiger partial charge in [0, 0.05) is 37.5 Å². The van der Waals surface area contributed by atoms with Crippen molar-refractivity contribution >= 4 is 17.5 Å². The predicted octanol–water partition coefficient (Wildman–Crippen LogP) is 2.72. The van der Waals surface area contributed by atoms with Crippen LogP contribution in [0, 0.1) is 6.92 Å². The molecule has 0 radical (unpaired) electrons. The van der Waals surface area contributed by atoms with Crippen molar-refractivity contribution in [1.29, 1.82) is 0 Å². The highest BCUT2D eigenvalue weighted by molar-refractivity contribution is 5.90. The summed E-state index contributed by atoms with van der Waals surface area (Å²) in [6.07, 6.45) is 5.99. The summed E-state index contributed by atoms with van der Waals surface area (Å²) < 4.78 is 1.95. The number of hydroxylamine groups is 1. The molecule has 0 unspecified atom stereocenters. The van der Waals surface area contributed by atoms with Crippen LogP contribution in [0.2, 0.25) is 0 Å². The Morgan fingerprint density at radius 2 is 2.11 bits per heavy atom. The Bertz CT molecular complexity index is 1020. The molecule has 0 atom stereocenters. The molecule has 0 bridgehead atoms. The maximum atomic E-state index is 11.1. The van der Waals surface area contributed by atoms with Gasteiger partial charge in [0.2, 0.25) is 0 Å². The highest BCUT2D eigenvalue weighted by atomic mass is 16.5. The molecular weight excluding hydrogens is 340 g/mol. The second kappa shape index (κ2) is 7.34. The summed E-state index contributed by atoms with van der Waals surface area (Å²) in [7, 11) is 0. The summed E-state index contributed by atoms with van der Waals surface area (Å²) in [4.78, 5) is 13.6. The number of rotatable bonds is 5. The van der Waals surface area contributed by atoms with Crippen molar-refractivity contribution in [2.24, 2.45) is 0 Å². The summed E-state index contributed by atoms with van der Waals surface area (Å²) >= 11 is 0. The second-order valence-electron chi connectivity index (χ2n) is 6.89. The molecule has 1 amide bonds. The zero-order valence-electron chi connectivity index (χ0n) is 15.2. The number of hydrogen-bond acceptors (Lipinski definition) is 4. The Balaban J connectivity index is 1.43. The fourth-order valence-corrected chi connectivity index (χ4v) is 3.70. The largest absolute Gasteiger partial charge is 0.294 e. The number of benzene rings is 1. The van der Waals surface area contributed by atoms with Crippen LogP contribution in [-0.2, 0) is 24.3 Å². The number of carbonyl (C=O) groups is 1. The van der Waals surface area contributed by atoms with Crippen molar-refractivity contribution < 1.29 is 10.0 Å². The van der Waals surface area contributed by atoms with E-state index in [1.807, 2.05) is 22.8 Å². The lowest BCUT2D eigenvalue weighted by molar-refractivity contribution is -0.124. The topological polar surface area (TPSA) is 69.9 Å². The van der Waals surface area contributed by atoms with Crippen LogP contribution in [0.5, 0.6) is 0 Å². The summed E-state index contributed by atoms with van der Waals surface area (Å²) in [5.74, 6) is -0.527. The first-order valence-electron chi connectivity index (χ1n) is 9.03. The van der Waals surface area contributed by atoms with E-state index in [2.05, 4.69) is 41.2 Å². The minimum Gasteiger partial charge on any atom is -0.294 e. The van der Waals surface area contributed by atoms with Crippen LogP contribution in [0.4, 0.5) is 0 Å². The highest BCUT2D eigenvalue weighted by Crippen LogP contribution is 2.25. The summed E-state index contributed by atoms with van der Waals surface area (Å²) in [5, 5.41) is 13.2. The molecule has 3 heterocycles. The van der Waals surface area contributed by atoms with Gasteiger partial charge in [-0.2, -0.15) is 5.10 Å². The lowest BCUT2D eigenvalue weighted by Gasteiger charge is -2.14. The molecule has 1 aliphatic heterocycles. The van der Waals surface area contributed by atoms with E-state index in [1.54, 1.807) is 11.6 Å². The highest BCUT2D eigenvalue weighted by Gasteiger charge is 2.19. The van der Waals surface area contributed by atoms with Crippen molar-refractivity contribution in [3.8, 4) is 0 Å². The molecule has 27 heavy (non-hydrogen) atoms. The molecule has 6 nitrogen and oxygen atoms in total. The molecule has 0 saturated carbocycles. The maximum absolute atomic E-state index is 11.1. The first-order chi connectivity index (χ1) is 13.1. The van der Waals surface area contributed by atoms with Gasteiger partial charge >= 0.3 is 0 Å². The van der Waals surface area contributed by atoms with E-state index < -0.39 is 5.91 Å². The molecule has 1 aromatic carbocycles. The van der Waals surface area contributed by atoms with Gasteiger partial charge in [-0.15, -0.1) is 0 Å². The van der Waals surface area contributed by atoms with Crippen LogP contribution in [0.25, 0.3) is 11.6 Å². The van der Waals surface area contributed by atoms with Gasteiger partial charge in [-0.1, -0.05) is 24.3 Å². The van der Waals surface area contributed by atoms with E-state index >= 15 is 0 Å². The van der Waals surface area contributed by atoms with Gasteiger partial charge in [-0.05, 0) is 48.2 Å². The van der Waals surface area contributed by atoms with Gasteiger partial charge in [0.1, 0.15) is 0 Å². The standard InChI is InChI=1S/C21H22N4O2/c1-15-19(20-4-2-3-10-25(20)22-15)9-11-24-13-17-7-5-16(12-18(17)14-24)6-8-21(26)23-27/h2-8,10,12,27H,9,11,13-14H2,1H3,(H,23,26)/b8-6+. The van der Waals surface area contributed by atoms with Crippen molar-refractivity contribution in [3.05, 3.63) is 76.6 Å². The zero-order chi connectivity index (χ0) is 18.8. The summed E-state index contributed by atoms with van der Waals surface area (Å²) in [6.45, 7) is 4.89. The Kier molecular flexibility index (Phi) is 4.75. The maximum Gasteiger partial charge on any atom is 0.267 e. The van der Waals surface area contributed by atoms with Crippen LogP contribution in [-0.4, -0.2) is 32.2 Å². The fourth-order valence-electron chi connectivity index (χ4n) is 3.70. The number of nitrogens with zero attached hydrogens (tertiary/aromatic N) is 3. The molecular formula is C21H22N4O2. The normalized spacial score (nSPS) is 14.1. The van der Waals surface area contributed by atoms with Crippen molar-refractivity contribution in [1.82, 2.24) is 20.0 Å². The minimum absolute atomic E-state index is 0.527. The third kappa shape index (κ3) is 3.63. The second-order valence-corrected chi connectivity index (χ2v) is 6.89. The van der Waals surface area contributed by atoms with Gasteiger partial charge in [-0.3, -0.25) is 14.9 Å². The molecule has 2 N–H and O–H groups in total.